The van der Waals surface area contributed by atoms with Crippen molar-refractivity contribution in [2.45, 2.75) is 38.5 Å². The molecule has 1 saturated heterocycles. The number of rotatable bonds is 5. The molecule has 0 atom stereocenters. The van der Waals surface area contributed by atoms with Crippen LogP contribution in [0, 0.1) is 5.92 Å². The summed E-state index contributed by atoms with van der Waals surface area (Å²) < 4.78 is 5.81. The Bertz CT molecular complexity index is 668. The van der Waals surface area contributed by atoms with E-state index in [0.717, 1.165) is 29.7 Å². The SMILES string of the molecule is O=C1NC(=O)/C(=C/c2ccc(OCCC3CCCCC3)c(Cl)c2)S1. The van der Waals surface area contributed by atoms with Gasteiger partial charge in [-0.1, -0.05) is 49.8 Å². The Morgan fingerprint density at radius 2 is 2.04 bits per heavy atom. The summed E-state index contributed by atoms with van der Waals surface area (Å²) in [6.07, 6.45) is 9.38. The summed E-state index contributed by atoms with van der Waals surface area (Å²) in [6.45, 7) is 0.678. The minimum Gasteiger partial charge on any atom is -0.492 e. The third kappa shape index (κ3) is 4.54. The summed E-state index contributed by atoms with van der Waals surface area (Å²) in [5.74, 6) is 1.07. The van der Waals surface area contributed by atoms with Crippen molar-refractivity contribution in [1.82, 2.24) is 5.32 Å². The van der Waals surface area contributed by atoms with Crippen LogP contribution in [0.1, 0.15) is 44.1 Å². The molecule has 0 spiro atoms. The molecule has 1 N–H and O–H groups in total. The average molecular weight is 366 g/mol. The monoisotopic (exact) mass is 365 g/mol. The molecule has 2 fully saturated rings. The number of imide groups is 1. The average Bonchev–Trinajstić information content (AvgIpc) is 2.88. The van der Waals surface area contributed by atoms with E-state index in [1.165, 1.54) is 32.1 Å². The number of amides is 2. The van der Waals surface area contributed by atoms with Crippen molar-refractivity contribution in [3.05, 3.63) is 33.7 Å². The highest BCUT2D eigenvalue weighted by molar-refractivity contribution is 8.18. The quantitative estimate of drug-likeness (QED) is 0.745. The lowest BCUT2D eigenvalue weighted by Gasteiger charge is -2.21. The summed E-state index contributed by atoms with van der Waals surface area (Å²) in [4.78, 5) is 23.1. The van der Waals surface area contributed by atoms with Crippen molar-refractivity contribution in [2.75, 3.05) is 6.61 Å². The van der Waals surface area contributed by atoms with E-state index in [4.69, 9.17) is 16.3 Å². The zero-order valence-corrected chi connectivity index (χ0v) is 14.9. The number of hydrogen-bond acceptors (Lipinski definition) is 4. The molecule has 0 unspecified atom stereocenters. The van der Waals surface area contributed by atoms with Crippen LogP contribution in [-0.2, 0) is 4.79 Å². The fourth-order valence-corrected chi connectivity index (χ4v) is 4.03. The van der Waals surface area contributed by atoms with Crippen LogP contribution in [0.2, 0.25) is 5.02 Å². The highest BCUT2D eigenvalue weighted by Gasteiger charge is 2.25. The van der Waals surface area contributed by atoms with Crippen molar-refractivity contribution in [3.8, 4) is 5.75 Å². The molecular weight excluding hydrogens is 346 g/mol. The lowest BCUT2D eigenvalue weighted by molar-refractivity contribution is -0.115. The van der Waals surface area contributed by atoms with E-state index >= 15 is 0 Å². The number of nitrogens with one attached hydrogen (secondary N) is 1. The minimum absolute atomic E-state index is 0.347. The molecule has 1 saturated carbocycles. The van der Waals surface area contributed by atoms with Crippen LogP contribution >= 0.6 is 23.4 Å². The lowest BCUT2D eigenvalue weighted by atomic mass is 9.87. The third-order valence-corrected chi connectivity index (χ3v) is 5.51. The molecule has 6 heteroatoms. The summed E-state index contributed by atoms with van der Waals surface area (Å²) >= 11 is 7.17. The zero-order valence-electron chi connectivity index (χ0n) is 13.3. The Hall–Kier alpha value is -1.46. The first-order chi connectivity index (χ1) is 11.6. The predicted molar refractivity (Wildman–Crippen MR) is 97.2 cm³/mol. The largest absolute Gasteiger partial charge is 0.492 e. The molecular formula is C18H20ClNO3S. The van der Waals surface area contributed by atoms with Crippen LogP contribution in [0.3, 0.4) is 0 Å². The van der Waals surface area contributed by atoms with Crippen molar-refractivity contribution >= 4 is 40.6 Å². The molecule has 1 heterocycles. The van der Waals surface area contributed by atoms with Gasteiger partial charge in [0.2, 0.25) is 0 Å². The molecule has 0 radical (unpaired) electrons. The van der Waals surface area contributed by atoms with Gasteiger partial charge >= 0.3 is 0 Å². The second-order valence-electron chi connectivity index (χ2n) is 6.18. The molecule has 2 aliphatic rings. The Labute approximate surface area is 151 Å². The first-order valence-electron chi connectivity index (χ1n) is 8.29. The van der Waals surface area contributed by atoms with Crippen molar-refractivity contribution < 1.29 is 14.3 Å². The van der Waals surface area contributed by atoms with Gasteiger partial charge in [0.1, 0.15) is 5.75 Å². The number of hydrogen-bond donors (Lipinski definition) is 1. The van der Waals surface area contributed by atoms with Gasteiger partial charge < -0.3 is 4.74 Å². The molecule has 24 heavy (non-hydrogen) atoms. The highest BCUT2D eigenvalue weighted by Crippen LogP contribution is 2.31. The van der Waals surface area contributed by atoms with E-state index in [9.17, 15) is 9.59 Å². The van der Waals surface area contributed by atoms with Gasteiger partial charge in [0, 0.05) is 0 Å². The number of carbonyl (C=O) groups excluding carboxylic acids is 2. The van der Waals surface area contributed by atoms with Gasteiger partial charge in [0.05, 0.1) is 16.5 Å². The van der Waals surface area contributed by atoms with Crippen LogP contribution in [0.15, 0.2) is 23.1 Å². The second-order valence-corrected chi connectivity index (χ2v) is 7.61. The van der Waals surface area contributed by atoms with Gasteiger partial charge in [-0.05, 0) is 47.9 Å². The van der Waals surface area contributed by atoms with E-state index in [0.29, 0.717) is 22.3 Å². The smallest absolute Gasteiger partial charge is 0.290 e. The second kappa shape index (κ2) is 8.08. The standard InChI is InChI=1S/C18H20ClNO3S/c19-14-10-13(11-16-17(21)20-18(22)24-16)6-7-15(14)23-9-8-12-4-2-1-3-5-12/h6-7,10-12H,1-5,8-9H2,(H,20,21,22)/b16-11-. The maximum absolute atomic E-state index is 11.6. The summed E-state index contributed by atoms with van der Waals surface area (Å²) in [5, 5.41) is 2.40. The van der Waals surface area contributed by atoms with E-state index < -0.39 is 0 Å². The van der Waals surface area contributed by atoms with Crippen molar-refractivity contribution in [2.24, 2.45) is 5.92 Å². The Morgan fingerprint density at radius 1 is 1.25 bits per heavy atom. The number of benzene rings is 1. The normalized spacial score (nSPS) is 20.5. The fraction of sp³-hybridized carbons (Fsp3) is 0.444. The molecule has 1 aromatic carbocycles. The number of halogens is 1. The third-order valence-electron chi connectivity index (χ3n) is 4.40. The van der Waals surface area contributed by atoms with Gasteiger partial charge in [-0.3, -0.25) is 14.9 Å². The van der Waals surface area contributed by atoms with E-state index in [1.54, 1.807) is 12.1 Å². The fourth-order valence-electron chi connectivity index (χ4n) is 3.11. The van der Waals surface area contributed by atoms with Crippen molar-refractivity contribution in [3.63, 3.8) is 0 Å². The van der Waals surface area contributed by atoms with Crippen LogP contribution in [-0.4, -0.2) is 17.8 Å². The molecule has 3 rings (SSSR count). The summed E-state index contributed by atoms with van der Waals surface area (Å²) in [5.41, 5.74) is 0.770. The van der Waals surface area contributed by atoms with Crippen LogP contribution in [0.5, 0.6) is 5.75 Å². The first-order valence-corrected chi connectivity index (χ1v) is 9.48. The molecule has 1 aromatic rings. The maximum Gasteiger partial charge on any atom is 0.290 e. The Balaban J connectivity index is 1.57. The van der Waals surface area contributed by atoms with E-state index in [2.05, 4.69) is 5.32 Å². The van der Waals surface area contributed by atoms with Gasteiger partial charge in [-0.2, -0.15) is 0 Å². The summed E-state index contributed by atoms with van der Waals surface area (Å²) in [6, 6.07) is 5.40. The topological polar surface area (TPSA) is 55.4 Å². The molecule has 1 aliphatic carbocycles. The van der Waals surface area contributed by atoms with Crippen LogP contribution in [0.25, 0.3) is 6.08 Å². The van der Waals surface area contributed by atoms with Gasteiger partial charge in [0.25, 0.3) is 11.1 Å². The van der Waals surface area contributed by atoms with Crippen LogP contribution < -0.4 is 10.1 Å². The van der Waals surface area contributed by atoms with Crippen molar-refractivity contribution in [1.29, 1.82) is 0 Å². The number of carbonyl (C=O) groups is 2. The number of ether oxygens (including phenoxy) is 1. The molecule has 128 valence electrons. The highest BCUT2D eigenvalue weighted by atomic mass is 35.5. The molecule has 0 aromatic heterocycles. The van der Waals surface area contributed by atoms with Gasteiger partial charge in [-0.25, -0.2) is 0 Å². The molecule has 1 aliphatic heterocycles. The molecule has 2 amide bonds. The van der Waals surface area contributed by atoms with E-state index in [1.807, 2.05) is 12.1 Å². The lowest BCUT2D eigenvalue weighted by Crippen LogP contribution is -2.17. The zero-order chi connectivity index (χ0) is 16.9. The molecule has 0 bridgehead atoms. The van der Waals surface area contributed by atoms with Gasteiger partial charge in [0.15, 0.2) is 0 Å². The predicted octanol–water partition coefficient (Wildman–Crippen LogP) is 5.01. The van der Waals surface area contributed by atoms with Gasteiger partial charge in [-0.15, -0.1) is 0 Å². The van der Waals surface area contributed by atoms with Crippen LogP contribution in [0.4, 0.5) is 4.79 Å². The Kier molecular flexibility index (Phi) is 5.85. The molecule has 4 nitrogen and oxygen atoms in total. The maximum atomic E-state index is 11.6. The summed E-state index contributed by atoms with van der Waals surface area (Å²) in [7, 11) is 0. The minimum atomic E-state index is -0.367. The first kappa shape index (κ1) is 17.4. The Morgan fingerprint density at radius 3 is 2.71 bits per heavy atom. The van der Waals surface area contributed by atoms with E-state index in [-0.39, 0.29) is 11.1 Å². The number of thioether (sulfide) groups is 1.